The molecule has 4 amide bonds. The molecule has 12 heteroatoms. The van der Waals surface area contributed by atoms with Crippen molar-refractivity contribution in [3.8, 4) is 0 Å². The number of fused-ring (bicyclic) bond motifs is 1. The molecule has 8 rings (SSSR count). The molecule has 0 aromatic rings. The van der Waals surface area contributed by atoms with Gasteiger partial charge in [0.2, 0.25) is 23.6 Å². The van der Waals surface area contributed by atoms with E-state index in [0.717, 1.165) is 59.3 Å². The molecule has 12 nitrogen and oxygen atoms in total. The summed E-state index contributed by atoms with van der Waals surface area (Å²) in [4.78, 5) is 75.1. The van der Waals surface area contributed by atoms with Gasteiger partial charge in [-0.05, 0) is 37.8 Å². The van der Waals surface area contributed by atoms with Crippen molar-refractivity contribution in [1.29, 1.82) is 0 Å². The molecular weight excluding hydrogens is 516 g/mol. The Morgan fingerprint density at radius 1 is 0.650 bits per heavy atom. The summed E-state index contributed by atoms with van der Waals surface area (Å²) in [6.45, 7) is 8.90. The summed E-state index contributed by atoms with van der Waals surface area (Å²) in [5, 5.41) is 7.42. The fraction of sp³-hybridized carbons (Fsp3) is 0.750. The summed E-state index contributed by atoms with van der Waals surface area (Å²) in [6, 6.07) is 0. The predicted molar refractivity (Wildman–Crippen MR) is 142 cm³/mol. The van der Waals surface area contributed by atoms with Crippen LogP contribution < -0.4 is 0 Å². The third kappa shape index (κ3) is 4.31. The maximum atomic E-state index is 13.6. The van der Waals surface area contributed by atoms with Gasteiger partial charge in [-0.1, -0.05) is 12.2 Å². The Labute approximate surface area is 234 Å². The van der Waals surface area contributed by atoms with Gasteiger partial charge in [-0.15, -0.1) is 0 Å². The second-order valence-corrected chi connectivity index (χ2v) is 12.7. The summed E-state index contributed by atoms with van der Waals surface area (Å²) in [5.74, 6) is -2.77. The summed E-state index contributed by atoms with van der Waals surface area (Å²) in [5.41, 5.74) is 0. The number of carbonyl (C=O) groups is 5. The summed E-state index contributed by atoms with van der Waals surface area (Å²) < 4.78 is 0. The van der Waals surface area contributed by atoms with Crippen LogP contribution in [0.2, 0.25) is 0 Å². The van der Waals surface area contributed by atoms with Gasteiger partial charge in [0.05, 0.1) is 37.0 Å². The van der Waals surface area contributed by atoms with Crippen LogP contribution >= 0.6 is 0 Å². The Hall–Kier alpha value is -2.67. The summed E-state index contributed by atoms with van der Waals surface area (Å²) in [6.07, 6.45) is 4.18. The zero-order chi connectivity index (χ0) is 28.5. The second-order valence-electron chi connectivity index (χ2n) is 12.7. The molecular formula is C28H40N6O6. The molecule has 0 radical (unpaired) electrons. The number of aliphatic carboxylic acids is 1. The van der Waals surface area contributed by atoms with Crippen molar-refractivity contribution in [3.05, 3.63) is 12.2 Å². The van der Waals surface area contributed by atoms with Crippen LogP contribution in [0.15, 0.2) is 12.2 Å². The van der Waals surface area contributed by atoms with E-state index in [1.165, 1.54) is 9.80 Å². The minimum Gasteiger partial charge on any atom is -0.481 e. The molecule has 2 bridgehead atoms. The lowest BCUT2D eigenvalue weighted by atomic mass is 9.40. The SMILES string of the molecule is CC(=O)O.CN1CCN(CN2C(=O)[C@H]3[C@H]4C=C[C@@H]([C@@H]3C2=O)[C@H]2[C@@H]3C(=O)N(CN5CCN(C)CC5)C(=O)[C@@H]3[C@@H]42)CC1. The summed E-state index contributed by atoms with van der Waals surface area (Å²) in [7, 11) is 4.17. The third-order valence-electron chi connectivity index (χ3n) is 10.4. The van der Waals surface area contributed by atoms with E-state index < -0.39 is 5.97 Å². The Bertz CT molecular complexity index is 1070. The topological polar surface area (TPSA) is 125 Å². The highest BCUT2D eigenvalue weighted by molar-refractivity contribution is 6.09. The molecule has 40 heavy (non-hydrogen) atoms. The number of hydrogen-bond acceptors (Lipinski definition) is 9. The van der Waals surface area contributed by atoms with Crippen molar-refractivity contribution in [3.63, 3.8) is 0 Å². The summed E-state index contributed by atoms with van der Waals surface area (Å²) >= 11 is 0. The van der Waals surface area contributed by atoms with Gasteiger partial charge in [0.25, 0.3) is 5.97 Å². The number of carbonyl (C=O) groups excluding carboxylic acids is 4. The number of hydrogen-bond donors (Lipinski definition) is 1. The number of carboxylic acid groups (broad SMARTS) is 1. The molecule has 218 valence electrons. The lowest BCUT2D eigenvalue weighted by Crippen LogP contribution is -2.63. The maximum absolute atomic E-state index is 13.6. The lowest BCUT2D eigenvalue weighted by molar-refractivity contribution is -0.166. The van der Waals surface area contributed by atoms with Crippen LogP contribution in [0, 0.1) is 47.3 Å². The van der Waals surface area contributed by atoms with Crippen LogP contribution in [0.25, 0.3) is 0 Å². The van der Waals surface area contributed by atoms with Gasteiger partial charge in [0.15, 0.2) is 0 Å². The van der Waals surface area contributed by atoms with Crippen molar-refractivity contribution in [1.82, 2.24) is 29.4 Å². The zero-order valence-corrected chi connectivity index (χ0v) is 23.5. The van der Waals surface area contributed by atoms with Gasteiger partial charge in [0, 0.05) is 59.3 Å². The first-order valence-electron chi connectivity index (χ1n) is 14.5. The first kappa shape index (κ1) is 27.5. The van der Waals surface area contributed by atoms with E-state index in [1.54, 1.807) is 0 Å². The van der Waals surface area contributed by atoms with Crippen LogP contribution in [0.3, 0.4) is 0 Å². The van der Waals surface area contributed by atoms with E-state index in [1.807, 2.05) is 0 Å². The average molecular weight is 557 g/mol. The standard InChI is InChI=1S/C26H36N6O4.C2H4O2/c1-27-5-9-29(10-6-27)13-31-23(33)19-15-3-4-16(20(19)24(31)34)18-17(15)21-22(18)26(36)32(25(21)35)14-30-11-7-28(2)8-12-30;1-2(3)4/h3-4,15-22H,5-14H2,1-2H3;1H3,(H,3,4)/t15-,16+,17-,18+,19-,20-,21+,22-;/m0./s1. The number of allylic oxidation sites excluding steroid dienone is 2. The number of imide groups is 2. The van der Waals surface area contributed by atoms with Crippen LogP contribution in [-0.2, 0) is 24.0 Å². The number of rotatable bonds is 4. The molecule has 6 fully saturated rings. The smallest absolute Gasteiger partial charge is 0.300 e. The van der Waals surface area contributed by atoms with Crippen LogP contribution in [0.4, 0.5) is 0 Å². The monoisotopic (exact) mass is 556 g/mol. The first-order chi connectivity index (χ1) is 19.1. The zero-order valence-electron chi connectivity index (χ0n) is 23.5. The largest absolute Gasteiger partial charge is 0.481 e. The third-order valence-corrected chi connectivity index (χ3v) is 10.4. The van der Waals surface area contributed by atoms with Gasteiger partial charge in [-0.2, -0.15) is 0 Å². The van der Waals surface area contributed by atoms with Crippen molar-refractivity contribution < 1.29 is 29.1 Å². The van der Waals surface area contributed by atoms with Crippen molar-refractivity contribution in [2.24, 2.45) is 47.3 Å². The van der Waals surface area contributed by atoms with Gasteiger partial charge >= 0.3 is 0 Å². The van der Waals surface area contributed by atoms with Crippen molar-refractivity contribution in [2.75, 3.05) is 79.8 Å². The normalized spacial score (nSPS) is 39.6. The quantitative estimate of drug-likeness (QED) is 0.332. The van der Waals surface area contributed by atoms with Gasteiger partial charge in [-0.3, -0.25) is 43.6 Å². The number of likely N-dealkylation sites (tertiary alicyclic amines) is 2. The number of carboxylic acids is 1. The van der Waals surface area contributed by atoms with E-state index in [-0.39, 0.29) is 71.0 Å². The van der Waals surface area contributed by atoms with Gasteiger partial charge in [-0.25, -0.2) is 0 Å². The van der Waals surface area contributed by atoms with Crippen molar-refractivity contribution >= 4 is 29.6 Å². The van der Waals surface area contributed by atoms with E-state index >= 15 is 0 Å². The highest BCUT2D eigenvalue weighted by Gasteiger charge is 2.75. The Balaban J connectivity index is 0.000000680. The highest BCUT2D eigenvalue weighted by Crippen LogP contribution is 2.68. The number of nitrogens with zero attached hydrogens (tertiary/aromatic N) is 6. The maximum Gasteiger partial charge on any atom is 0.300 e. The lowest BCUT2D eigenvalue weighted by Gasteiger charge is -2.60. The minimum absolute atomic E-state index is 0.000487. The molecule has 4 heterocycles. The average Bonchev–Trinajstić information content (AvgIpc) is 3.26. The molecule has 0 spiro atoms. The van der Waals surface area contributed by atoms with E-state index in [2.05, 4.69) is 45.8 Å². The van der Waals surface area contributed by atoms with Crippen LogP contribution in [-0.4, -0.2) is 144 Å². The Kier molecular flexibility index (Phi) is 7.09. The molecule has 4 aliphatic carbocycles. The fourth-order valence-electron chi connectivity index (χ4n) is 8.38. The first-order valence-corrected chi connectivity index (χ1v) is 14.5. The fourth-order valence-corrected chi connectivity index (χ4v) is 8.38. The van der Waals surface area contributed by atoms with Crippen molar-refractivity contribution in [2.45, 2.75) is 6.92 Å². The van der Waals surface area contributed by atoms with E-state index in [4.69, 9.17) is 9.90 Å². The second kappa shape index (κ2) is 10.3. The molecule has 1 N–H and O–H groups in total. The van der Waals surface area contributed by atoms with Gasteiger partial charge in [0.1, 0.15) is 0 Å². The molecule has 0 aromatic heterocycles. The number of amides is 4. The molecule has 0 aromatic carbocycles. The van der Waals surface area contributed by atoms with Crippen LogP contribution in [0.5, 0.6) is 0 Å². The molecule has 4 aliphatic heterocycles. The van der Waals surface area contributed by atoms with E-state index in [0.29, 0.717) is 13.3 Å². The Morgan fingerprint density at radius 2 is 0.950 bits per heavy atom. The van der Waals surface area contributed by atoms with E-state index in [9.17, 15) is 19.2 Å². The van der Waals surface area contributed by atoms with Gasteiger partial charge < -0.3 is 14.9 Å². The molecule has 8 aliphatic rings. The highest BCUT2D eigenvalue weighted by atomic mass is 16.4. The Morgan fingerprint density at radius 3 is 1.27 bits per heavy atom. The number of piperazine rings is 2. The molecule has 2 saturated carbocycles. The predicted octanol–water partition coefficient (Wildman–Crippen LogP) is -1.25. The number of likely N-dealkylation sites (N-methyl/N-ethyl adjacent to an activating group) is 2. The molecule has 0 unspecified atom stereocenters. The molecule has 4 saturated heterocycles. The van der Waals surface area contributed by atoms with Crippen LogP contribution in [0.1, 0.15) is 6.92 Å². The molecule has 8 atom stereocenters. The minimum atomic E-state index is -0.833.